The van der Waals surface area contributed by atoms with Crippen molar-refractivity contribution in [3.63, 3.8) is 0 Å². The first-order valence-corrected chi connectivity index (χ1v) is 10.0. The molecule has 0 aliphatic rings. The highest BCUT2D eigenvalue weighted by molar-refractivity contribution is 9.10. The first-order chi connectivity index (χ1) is 12.3. The van der Waals surface area contributed by atoms with Crippen LogP contribution in [0, 0.1) is 6.57 Å². The molecule has 1 N–H and O–H groups in total. The highest BCUT2D eigenvalue weighted by atomic mass is 79.9. The summed E-state index contributed by atoms with van der Waals surface area (Å²) in [5.74, 6) is 0.205. The van der Waals surface area contributed by atoms with Crippen LogP contribution >= 0.6 is 15.9 Å². The van der Waals surface area contributed by atoms with Gasteiger partial charge in [-0.15, -0.1) is 0 Å². The molecule has 9 heteroatoms. The van der Waals surface area contributed by atoms with Crippen LogP contribution < -0.4 is 9.46 Å². The molecule has 2 rings (SSSR count). The van der Waals surface area contributed by atoms with E-state index < -0.39 is 10.0 Å². The average molecular weight is 441 g/mol. The largest absolute Gasteiger partial charge is 0.476 e. The summed E-state index contributed by atoms with van der Waals surface area (Å²) in [4.78, 5) is 9.44. The van der Waals surface area contributed by atoms with Gasteiger partial charge in [0.1, 0.15) is 5.69 Å². The first kappa shape index (κ1) is 20.2. The second-order valence-electron chi connectivity index (χ2n) is 5.73. The Morgan fingerprint density at radius 1 is 1.38 bits per heavy atom. The van der Waals surface area contributed by atoms with Gasteiger partial charge in [-0.25, -0.2) is 18.2 Å². The molecule has 0 saturated carbocycles. The van der Waals surface area contributed by atoms with Crippen LogP contribution in [-0.2, 0) is 10.0 Å². The first-order valence-electron chi connectivity index (χ1n) is 7.75. The number of nitrogens with zero attached hydrogens (tertiary/aromatic N) is 3. The molecular formula is C17H21BrN4O3S. The number of anilines is 1. The quantitative estimate of drug-likeness (QED) is 0.499. The Morgan fingerprint density at radius 3 is 2.85 bits per heavy atom. The summed E-state index contributed by atoms with van der Waals surface area (Å²) < 4.78 is 34.0. The summed E-state index contributed by atoms with van der Waals surface area (Å²) in [7, 11) is 0.0623. The fourth-order valence-corrected chi connectivity index (χ4v) is 3.51. The van der Waals surface area contributed by atoms with Gasteiger partial charge in [0.25, 0.3) is 10.0 Å². The minimum atomic E-state index is -3.87. The van der Waals surface area contributed by atoms with E-state index in [0.717, 1.165) is 13.0 Å². The van der Waals surface area contributed by atoms with Gasteiger partial charge in [-0.3, -0.25) is 4.72 Å². The molecule has 0 amide bonds. The van der Waals surface area contributed by atoms with Gasteiger partial charge < -0.3 is 9.64 Å². The molecule has 7 nitrogen and oxygen atoms in total. The van der Waals surface area contributed by atoms with E-state index in [0.29, 0.717) is 11.1 Å². The number of aromatic nitrogens is 1. The molecule has 0 aliphatic heterocycles. The van der Waals surface area contributed by atoms with Crippen LogP contribution in [0.3, 0.4) is 0 Å². The van der Waals surface area contributed by atoms with E-state index >= 15 is 0 Å². The minimum Gasteiger partial charge on any atom is -0.476 e. The maximum atomic E-state index is 12.6. The lowest BCUT2D eigenvalue weighted by molar-refractivity contribution is 0.274. The van der Waals surface area contributed by atoms with Crippen molar-refractivity contribution in [3.05, 3.63) is 52.4 Å². The summed E-state index contributed by atoms with van der Waals surface area (Å²) in [6.45, 7) is 8.28. The fraction of sp³-hybridized carbons (Fsp3) is 0.294. The Hall–Kier alpha value is -2.15. The Labute approximate surface area is 163 Å². The lowest BCUT2D eigenvalue weighted by Crippen LogP contribution is -2.17. The SMILES string of the molecule is [C-]#[N+]c1cccc(S(=O)(=O)Nc2cc(Br)cnc2OCCCN(C)C)c1.[HH]. The zero-order valence-corrected chi connectivity index (χ0v) is 16.8. The molecule has 1 aromatic heterocycles. The van der Waals surface area contributed by atoms with Crippen molar-refractivity contribution in [2.24, 2.45) is 0 Å². The van der Waals surface area contributed by atoms with Crippen molar-refractivity contribution in [1.29, 1.82) is 0 Å². The molecule has 0 atom stereocenters. The van der Waals surface area contributed by atoms with Crippen LogP contribution in [0.15, 0.2) is 45.9 Å². The van der Waals surface area contributed by atoms with E-state index in [1.165, 1.54) is 18.2 Å². The molecule has 0 bridgehead atoms. The lowest BCUT2D eigenvalue weighted by atomic mass is 10.3. The second kappa shape index (κ2) is 8.98. The third kappa shape index (κ3) is 5.69. The predicted octanol–water partition coefficient (Wildman–Crippen LogP) is 3.77. The van der Waals surface area contributed by atoms with Crippen molar-refractivity contribution < 1.29 is 14.6 Å². The number of benzene rings is 1. The molecular weight excluding hydrogens is 420 g/mol. The highest BCUT2D eigenvalue weighted by Gasteiger charge is 2.18. The highest BCUT2D eigenvalue weighted by Crippen LogP contribution is 2.28. The van der Waals surface area contributed by atoms with E-state index in [1.807, 2.05) is 19.0 Å². The smallest absolute Gasteiger partial charge is 0.260 e. The number of ether oxygens (including phenoxy) is 1. The summed E-state index contributed by atoms with van der Waals surface area (Å²) in [6.07, 6.45) is 2.32. The fourth-order valence-electron chi connectivity index (χ4n) is 2.09. The molecule has 1 aromatic carbocycles. The van der Waals surface area contributed by atoms with E-state index in [-0.39, 0.29) is 23.6 Å². The number of pyridine rings is 1. The predicted molar refractivity (Wildman–Crippen MR) is 106 cm³/mol. The standard InChI is InChI=1S/C17H19BrN4O3S.H2/c1-19-14-6-4-7-15(11-14)26(23,24)21-16-10-13(18)12-20-17(16)25-9-5-8-22(2)3;/h4,6-7,10-12,21H,5,8-9H2,2-3H3;1H. The third-order valence-electron chi connectivity index (χ3n) is 3.31. The van der Waals surface area contributed by atoms with Gasteiger partial charge in [-0.2, -0.15) is 0 Å². The summed E-state index contributed by atoms with van der Waals surface area (Å²) in [6, 6.07) is 7.41. The molecule has 0 saturated heterocycles. The molecule has 2 aromatic rings. The van der Waals surface area contributed by atoms with Crippen molar-refractivity contribution >= 4 is 37.3 Å². The van der Waals surface area contributed by atoms with Gasteiger partial charge in [0.2, 0.25) is 5.88 Å². The molecule has 140 valence electrons. The maximum absolute atomic E-state index is 12.6. The van der Waals surface area contributed by atoms with Gasteiger partial charge in [0.05, 0.1) is 18.1 Å². The number of halogens is 1. The number of sulfonamides is 1. The monoisotopic (exact) mass is 440 g/mol. The van der Waals surface area contributed by atoms with Gasteiger partial charge >= 0.3 is 0 Å². The van der Waals surface area contributed by atoms with Gasteiger partial charge in [-0.1, -0.05) is 12.1 Å². The maximum Gasteiger partial charge on any atom is 0.260 e. The van der Waals surface area contributed by atoms with Crippen molar-refractivity contribution in [3.8, 4) is 5.88 Å². The Kier molecular flexibility index (Phi) is 6.97. The van der Waals surface area contributed by atoms with Crippen molar-refractivity contribution in [2.45, 2.75) is 11.3 Å². The van der Waals surface area contributed by atoms with Crippen molar-refractivity contribution in [1.82, 2.24) is 9.88 Å². The van der Waals surface area contributed by atoms with Crippen LogP contribution in [0.5, 0.6) is 5.88 Å². The Morgan fingerprint density at radius 2 is 2.15 bits per heavy atom. The van der Waals surface area contributed by atoms with Crippen LogP contribution in [-0.4, -0.2) is 45.5 Å². The van der Waals surface area contributed by atoms with Crippen LogP contribution in [0.4, 0.5) is 11.4 Å². The van der Waals surface area contributed by atoms with Gasteiger partial charge in [0.15, 0.2) is 5.69 Å². The normalized spacial score (nSPS) is 11.2. The second-order valence-corrected chi connectivity index (χ2v) is 8.32. The Balaban J connectivity index is 0.00000364. The number of nitrogens with one attached hydrogen (secondary N) is 1. The number of rotatable bonds is 8. The number of hydrogen-bond acceptors (Lipinski definition) is 5. The topological polar surface area (TPSA) is 75.9 Å². The van der Waals surface area contributed by atoms with Crippen molar-refractivity contribution in [2.75, 3.05) is 32.0 Å². The molecule has 0 radical (unpaired) electrons. The average Bonchev–Trinajstić information content (AvgIpc) is 2.60. The van der Waals surface area contributed by atoms with Crippen LogP contribution in [0.25, 0.3) is 4.85 Å². The van der Waals surface area contributed by atoms with E-state index in [2.05, 4.69) is 30.5 Å². The molecule has 0 aliphatic carbocycles. The Bertz CT molecular complexity index is 917. The van der Waals surface area contributed by atoms with E-state index in [4.69, 9.17) is 11.3 Å². The zero-order chi connectivity index (χ0) is 19.2. The van der Waals surface area contributed by atoms with Crippen LogP contribution in [0.1, 0.15) is 7.85 Å². The molecule has 26 heavy (non-hydrogen) atoms. The molecule has 0 spiro atoms. The summed E-state index contributed by atoms with van der Waals surface area (Å²) in [5.41, 5.74) is 0.484. The van der Waals surface area contributed by atoms with E-state index in [9.17, 15) is 8.42 Å². The molecule has 1 heterocycles. The zero-order valence-electron chi connectivity index (χ0n) is 14.4. The molecule has 0 unspecified atom stereocenters. The van der Waals surface area contributed by atoms with Gasteiger partial charge in [-0.05, 0) is 54.6 Å². The lowest BCUT2D eigenvalue weighted by Gasteiger charge is -2.14. The van der Waals surface area contributed by atoms with Crippen LogP contribution in [0.2, 0.25) is 0 Å². The summed E-state index contributed by atoms with van der Waals surface area (Å²) in [5, 5.41) is 0. The summed E-state index contributed by atoms with van der Waals surface area (Å²) >= 11 is 3.28. The molecule has 0 fully saturated rings. The third-order valence-corrected chi connectivity index (χ3v) is 5.10. The van der Waals surface area contributed by atoms with E-state index in [1.54, 1.807) is 18.3 Å². The van der Waals surface area contributed by atoms with Gasteiger partial charge in [0, 0.05) is 18.6 Å². The number of hydrogen-bond donors (Lipinski definition) is 1. The minimum absolute atomic E-state index is 0.